The molecule has 4 aromatic carbocycles. The first-order valence-electron chi connectivity index (χ1n) is 38.3. The maximum Gasteiger partial charge on any atom is 0.212 e. The fourth-order valence-electron chi connectivity index (χ4n) is 13.2. The van der Waals surface area contributed by atoms with E-state index in [2.05, 4.69) is 92.4 Å². The fourth-order valence-corrected chi connectivity index (χ4v) is 13.2. The Bertz CT molecular complexity index is 6220. The molecule has 0 spiro atoms. The van der Waals surface area contributed by atoms with Gasteiger partial charge in [0.25, 0.3) is 0 Å². The van der Waals surface area contributed by atoms with Crippen molar-refractivity contribution in [2.75, 3.05) is 0 Å². The van der Waals surface area contributed by atoms with Gasteiger partial charge in [0.15, 0.2) is 24.8 Å². The van der Waals surface area contributed by atoms with E-state index in [9.17, 15) is 0 Å². The molecule has 0 aliphatic heterocycles. The summed E-state index contributed by atoms with van der Waals surface area (Å²) in [6.07, 6.45) is 13.2. The molecule has 12 nitrogen and oxygen atoms in total. The van der Waals surface area contributed by atoms with Crippen LogP contribution in [0.1, 0.15) is 113 Å². The number of aromatic nitrogens is 12. The minimum absolute atomic E-state index is 0.0372. The van der Waals surface area contributed by atoms with Gasteiger partial charge in [0, 0.05) is 88.3 Å². The van der Waals surface area contributed by atoms with Gasteiger partial charge in [-0.25, -0.2) is 38.2 Å². The van der Waals surface area contributed by atoms with E-state index in [0.717, 1.165) is 117 Å². The molecule has 0 unspecified atom stereocenters. The molecule has 12 aromatic heterocycles. The van der Waals surface area contributed by atoms with Crippen molar-refractivity contribution in [1.29, 1.82) is 0 Å². The highest BCUT2D eigenvalue weighted by atomic mass is 15.0. The fraction of sp³-hybridized carbons (Fsp3) is 0.238. The van der Waals surface area contributed by atoms with Gasteiger partial charge in [0.1, 0.15) is 50.8 Å². The van der Waals surface area contributed by atoms with Crippen LogP contribution in [0.15, 0.2) is 207 Å². The predicted octanol–water partition coefficient (Wildman–Crippen LogP) is 17.1. The van der Waals surface area contributed by atoms with Gasteiger partial charge in [0.2, 0.25) is 22.8 Å². The minimum atomic E-state index is -2.43. The molecule has 0 saturated heterocycles. The molecule has 0 N–H and O–H groups in total. The monoisotopic (exact) mass is 1280 g/mol. The van der Waals surface area contributed by atoms with E-state index >= 15 is 0 Å². The Morgan fingerprint density at radius 1 is 0.427 bits per heavy atom. The molecule has 12 heterocycles. The third-order valence-electron chi connectivity index (χ3n) is 18.2. The Morgan fingerprint density at radius 3 is 1.31 bits per heavy atom. The topological polar surface area (TPSA) is 84.7 Å². The second kappa shape index (κ2) is 25.5. The normalized spacial score (nSPS) is 14.2. The van der Waals surface area contributed by atoms with Crippen LogP contribution in [0.4, 0.5) is 0 Å². The molecule has 16 aromatic rings. The smallest absolute Gasteiger partial charge is 0.212 e. The largest absolute Gasteiger partial charge is 0.300 e. The van der Waals surface area contributed by atoms with Crippen molar-refractivity contribution in [3.05, 3.63) is 263 Å². The number of benzene rings is 4. The lowest BCUT2D eigenvalue weighted by Crippen LogP contribution is -2.32. The molecule has 0 saturated carbocycles. The molecular weight excluding hydrogens is 1180 g/mol. The summed E-state index contributed by atoms with van der Waals surface area (Å²) in [5.41, 5.74) is 25.4. The Balaban J connectivity index is 0.000000128. The van der Waals surface area contributed by atoms with E-state index in [0.29, 0.717) is 11.1 Å². The summed E-state index contributed by atoms with van der Waals surface area (Å²) >= 11 is 0. The van der Waals surface area contributed by atoms with Crippen LogP contribution >= 0.6 is 0 Å². The van der Waals surface area contributed by atoms with E-state index in [1.54, 1.807) is 70.9 Å². The number of imidazole rings is 4. The van der Waals surface area contributed by atoms with E-state index in [-0.39, 0.29) is 16.7 Å². The van der Waals surface area contributed by atoms with Gasteiger partial charge >= 0.3 is 0 Å². The Kier molecular flexibility index (Phi) is 13.5. The lowest BCUT2D eigenvalue weighted by Gasteiger charge is -2.19. The van der Waals surface area contributed by atoms with E-state index < -0.39 is 38.2 Å². The van der Waals surface area contributed by atoms with Crippen LogP contribution in [0, 0.1) is 60.6 Å². The molecule has 480 valence electrons. The highest BCUT2D eigenvalue weighted by Crippen LogP contribution is 2.35. The quantitative estimate of drug-likeness (QED) is 0.155. The molecule has 0 atom stereocenters. The number of hydrogen-bond donors (Lipinski definition) is 0. The number of pyridine rings is 8. The molecule has 0 radical (unpaired) electrons. The summed E-state index contributed by atoms with van der Waals surface area (Å²) in [7, 11) is 7.61. The van der Waals surface area contributed by atoms with Crippen LogP contribution in [0.3, 0.4) is 0 Å². The van der Waals surface area contributed by atoms with Crippen molar-refractivity contribution in [1.82, 2.24) is 37.5 Å². The van der Waals surface area contributed by atoms with Crippen molar-refractivity contribution in [2.45, 2.75) is 102 Å². The summed E-state index contributed by atoms with van der Waals surface area (Å²) in [6.45, 7) is 12.1. The molecule has 0 fully saturated rings. The Labute approximate surface area is 580 Å². The second-order valence-electron chi connectivity index (χ2n) is 26.2. The number of aryl methyl sites for hydroxylation is 12. The van der Waals surface area contributed by atoms with Gasteiger partial charge in [-0.3, -0.25) is 17.6 Å². The summed E-state index contributed by atoms with van der Waals surface area (Å²) < 4.78 is 113. The molecular formula is C84H88N12+4. The van der Waals surface area contributed by atoms with Gasteiger partial charge in [-0.1, -0.05) is 58.9 Å². The molecule has 0 aliphatic carbocycles. The zero-order valence-electron chi connectivity index (χ0n) is 69.0. The zero-order valence-corrected chi connectivity index (χ0v) is 57.0. The maximum absolute atomic E-state index is 8.82. The van der Waals surface area contributed by atoms with Crippen molar-refractivity contribution in [3.63, 3.8) is 0 Å². The van der Waals surface area contributed by atoms with E-state index in [1.807, 2.05) is 182 Å². The van der Waals surface area contributed by atoms with Gasteiger partial charge in [-0.15, -0.1) is 0 Å². The molecule has 96 heavy (non-hydrogen) atoms. The summed E-state index contributed by atoms with van der Waals surface area (Å²) in [6, 6.07) is 52.2. The van der Waals surface area contributed by atoms with Gasteiger partial charge in [-0.2, -0.15) is 0 Å². The number of nitrogens with zero attached hydrogens (tertiary/aromatic N) is 12. The lowest BCUT2D eigenvalue weighted by atomic mass is 9.86. The molecule has 0 bridgehead atoms. The van der Waals surface area contributed by atoms with Crippen LogP contribution in [-0.2, 0) is 34.6 Å². The Morgan fingerprint density at radius 2 is 0.844 bits per heavy atom. The predicted molar refractivity (Wildman–Crippen MR) is 392 cm³/mol. The number of hydrogen-bond acceptors (Lipinski definition) is 4. The van der Waals surface area contributed by atoms with Crippen LogP contribution < -0.4 is 18.3 Å². The van der Waals surface area contributed by atoms with Crippen molar-refractivity contribution >= 4 is 66.7 Å². The van der Waals surface area contributed by atoms with Crippen LogP contribution in [-0.4, -0.2) is 37.5 Å². The average molecular weight is 1280 g/mol. The molecule has 0 amide bonds. The zero-order chi connectivity index (χ0) is 77.8. The van der Waals surface area contributed by atoms with Gasteiger partial charge < -0.3 is 0 Å². The maximum atomic E-state index is 8.82. The minimum Gasteiger partial charge on any atom is -0.300 e. The highest BCUT2D eigenvalue weighted by Gasteiger charge is 2.25. The highest BCUT2D eigenvalue weighted by molar-refractivity contribution is 5.92. The molecule has 12 heteroatoms. The third kappa shape index (κ3) is 11.9. The molecule has 0 aliphatic rings. The average Bonchev–Trinajstić information content (AvgIpc) is 1.32. The van der Waals surface area contributed by atoms with E-state index in [4.69, 9.17) is 31.4 Å². The summed E-state index contributed by atoms with van der Waals surface area (Å²) in [4.78, 5) is 19.0. The number of rotatable bonds is 6. The third-order valence-corrected chi connectivity index (χ3v) is 18.2. The number of fused-ring (bicyclic) bond motifs is 12. The van der Waals surface area contributed by atoms with Gasteiger partial charge in [-0.05, 0) is 215 Å². The summed E-state index contributed by atoms with van der Waals surface area (Å²) in [5.74, 6) is -1.03. The van der Waals surface area contributed by atoms with Gasteiger partial charge in [0.05, 0.1) is 66.4 Å². The van der Waals surface area contributed by atoms with Crippen LogP contribution in [0.2, 0.25) is 0 Å². The SMILES string of the molecule is Cc1c(-c2cccc[n+]2C)ccc2nc3ccccn3c12.[2H]C([2H])([2H])c1c[n+](C)c(-c2ccc3c(nc4ccccn43)c2C)cc1C.[2H]C([2H])([2H])c1c[n+](C)c(-c2ccc3c(nc4ccccn43)c2C)cc1C([2H])(C)C.[2H]C([2H])([2H])c1c[n+](C)c(-c2ccc3c(nc4ccccn43)c2C)cc1C([2H])([2H])C(C)(C)C. The summed E-state index contributed by atoms with van der Waals surface area (Å²) in [5, 5.41) is 0. The molecule has 16 rings (SSSR count). The Hall–Kier alpha value is -10.7. The van der Waals surface area contributed by atoms with Crippen molar-refractivity contribution in [2.24, 2.45) is 33.6 Å². The van der Waals surface area contributed by atoms with E-state index in [1.165, 1.54) is 22.3 Å². The first-order valence-corrected chi connectivity index (χ1v) is 32.3. The first kappa shape index (κ1) is 50.7. The van der Waals surface area contributed by atoms with Crippen molar-refractivity contribution < 1.29 is 34.7 Å². The van der Waals surface area contributed by atoms with Crippen LogP contribution in [0.5, 0.6) is 0 Å². The standard InChI is InChI=1S/C24H28N3.C22H24N3.C20H20N3.C18H16N3/c1-16-15-26(6)21(13-18(16)14-24(3,4)5)19-10-11-20-23(17(19)2)25-22-9-7-8-12-27(20)22;1-14(2)18-12-20(24(5)13-15(18)3)17-9-10-19-22(16(17)4)23-21-8-6-7-11-25(19)21;1-13-11-18(22(4)12-14(13)2)16-8-9-17-20(15(16)3)21-19-7-5-6-10-23(17)19;1-13-14(16-7-3-5-11-20(16)2)9-10-15-18(13)21-12-6-4-8-17(21)19-15/h7-13,15H,14H2,1-6H3;6-14H,1-5H3;5-12H,1-4H3;3-12H,1-2H3/q4*+1/i1D3,14D2;3D3,14D;2D3;. The van der Waals surface area contributed by atoms with Crippen molar-refractivity contribution in [3.8, 4) is 45.0 Å². The lowest BCUT2D eigenvalue weighted by molar-refractivity contribution is -0.660. The first-order chi connectivity index (χ1) is 50.7. The second-order valence-corrected chi connectivity index (χ2v) is 26.2. The van der Waals surface area contributed by atoms with Crippen LogP contribution in [0.25, 0.3) is 112 Å².